The van der Waals surface area contributed by atoms with Gasteiger partial charge in [-0.1, -0.05) is 12.1 Å². The fourth-order valence-electron chi connectivity index (χ4n) is 1.82. The van der Waals surface area contributed by atoms with Crippen LogP contribution >= 0.6 is 0 Å². The van der Waals surface area contributed by atoms with E-state index in [1.165, 1.54) is 12.1 Å². The summed E-state index contributed by atoms with van der Waals surface area (Å²) in [7, 11) is 0. The summed E-state index contributed by atoms with van der Waals surface area (Å²) in [5.41, 5.74) is 5.35. The van der Waals surface area contributed by atoms with Gasteiger partial charge >= 0.3 is 0 Å². The number of hydrogen-bond donors (Lipinski definition) is 2. The van der Waals surface area contributed by atoms with E-state index in [4.69, 9.17) is 5.84 Å². The number of nitrogens with zero attached hydrogens (tertiary/aromatic N) is 1. The number of halogens is 1. The highest BCUT2D eigenvalue weighted by molar-refractivity contribution is 5.31. The zero-order valence-corrected chi connectivity index (χ0v) is 9.52. The SMILES string of the molecule is Cc1cc(C(NN)c2cccc(F)c2)ccn1. The highest BCUT2D eigenvalue weighted by atomic mass is 19.1. The van der Waals surface area contributed by atoms with E-state index in [1.54, 1.807) is 12.3 Å². The van der Waals surface area contributed by atoms with Crippen LogP contribution in [0.3, 0.4) is 0 Å². The summed E-state index contributed by atoms with van der Waals surface area (Å²) >= 11 is 0. The summed E-state index contributed by atoms with van der Waals surface area (Å²) in [5, 5.41) is 0. The van der Waals surface area contributed by atoms with E-state index in [-0.39, 0.29) is 11.9 Å². The van der Waals surface area contributed by atoms with E-state index in [0.717, 1.165) is 16.8 Å². The van der Waals surface area contributed by atoms with Gasteiger partial charge in [-0.15, -0.1) is 0 Å². The summed E-state index contributed by atoms with van der Waals surface area (Å²) in [6.07, 6.45) is 1.72. The van der Waals surface area contributed by atoms with Gasteiger partial charge in [0.15, 0.2) is 0 Å². The molecule has 0 amide bonds. The van der Waals surface area contributed by atoms with Gasteiger partial charge in [-0.3, -0.25) is 10.8 Å². The molecule has 17 heavy (non-hydrogen) atoms. The number of aryl methyl sites for hydroxylation is 1. The predicted octanol–water partition coefficient (Wildman–Crippen LogP) is 2.08. The molecule has 0 aliphatic carbocycles. The van der Waals surface area contributed by atoms with Crippen LogP contribution in [0.2, 0.25) is 0 Å². The van der Waals surface area contributed by atoms with Crippen LogP contribution in [-0.4, -0.2) is 4.98 Å². The van der Waals surface area contributed by atoms with Crippen LogP contribution < -0.4 is 11.3 Å². The Labute approximate surface area is 99.5 Å². The van der Waals surface area contributed by atoms with Crippen LogP contribution in [0, 0.1) is 12.7 Å². The lowest BCUT2D eigenvalue weighted by atomic mass is 9.99. The third-order valence-electron chi connectivity index (χ3n) is 2.60. The minimum atomic E-state index is -0.270. The largest absolute Gasteiger partial charge is 0.271 e. The zero-order chi connectivity index (χ0) is 12.3. The first-order valence-corrected chi connectivity index (χ1v) is 5.35. The summed E-state index contributed by atoms with van der Waals surface area (Å²) < 4.78 is 13.2. The molecule has 0 radical (unpaired) electrons. The molecule has 3 N–H and O–H groups in total. The summed E-state index contributed by atoms with van der Waals surface area (Å²) in [6.45, 7) is 1.91. The maximum atomic E-state index is 13.2. The van der Waals surface area contributed by atoms with Gasteiger partial charge in [-0.05, 0) is 42.3 Å². The second kappa shape index (κ2) is 5.03. The van der Waals surface area contributed by atoms with Crippen LogP contribution in [0.5, 0.6) is 0 Å². The molecule has 2 rings (SSSR count). The first kappa shape index (κ1) is 11.7. The van der Waals surface area contributed by atoms with Crippen molar-refractivity contribution >= 4 is 0 Å². The number of hydrazine groups is 1. The Morgan fingerprint density at radius 1 is 1.24 bits per heavy atom. The van der Waals surface area contributed by atoms with Crippen molar-refractivity contribution < 1.29 is 4.39 Å². The Hall–Kier alpha value is -1.78. The Morgan fingerprint density at radius 2 is 2.00 bits per heavy atom. The molecule has 88 valence electrons. The standard InChI is InChI=1S/C13H14FN3/c1-9-7-11(5-6-16-9)13(17-15)10-3-2-4-12(14)8-10/h2-8,13,17H,15H2,1H3. The molecule has 1 unspecified atom stereocenters. The topological polar surface area (TPSA) is 50.9 Å². The molecular formula is C13H14FN3. The van der Waals surface area contributed by atoms with Gasteiger partial charge in [-0.2, -0.15) is 0 Å². The molecule has 0 bridgehead atoms. The molecule has 0 fully saturated rings. The predicted molar refractivity (Wildman–Crippen MR) is 64.5 cm³/mol. The van der Waals surface area contributed by atoms with E-state index >= 15 is 0 Å². The van der Waals surface area contributed by atoms with Crippen molar-refractivity contribution in [1.82, 2.24) is 10.4 Å². The van der Waals surface area contributed by atoms with Gasteiger partial charge in [0.2, 0.25) is 0 Å². The Balaban J connectivity index is 2.40. The number of benzene rings is 1. The van der Waals surface area contributed by atoms with Crippen molar-refractivity contribution in [2.24, 2.45) is 5.84 Å². The average Bonchev–Trinajstić information content (AvgIpc) is 2.30. The molecule has 1 heterocycles. The second-order valence-corrected chi connectivity index (χ2v) is 3.89. The van der Waals surface area contributed by atoms with Crippen LogP contribution in [0.15, 0.2) is 42.6 Å². The first-order valence-electron chi connectivity index (χ1n) is 5.35. The average molecular weight is 231 g/mol. The molecule has 0 saturated carbocycles. The third kappa shape index (κ3) is 2.67. The van der Waals surface area contributed by atoms with Crippen LogP contribution in [-0.2, 0) is 0 Å². The lowest BCUT2D eigenvalue weighted by Gasteiger charge is -2.17. The molecule has 0 saturated heterocycles. The van der Waals surface area contributed by atoms with Gasteiger partial charge < -0.3 is 0 Å². The Kier molecular flexibility index (Phi) is 3.46. The van der Waals surface area contributed by atoms with Gasteiger partial charge in [0.25, 0.3) is 0 Å². The van der Waals surface area contributed by atoms with Crippen molar-refractivity contribution in [1.29, 1.82) is 0 Å². The summed E-state index contributed by atoms with van der Waals surface area (Å²) in [6, 6.07) is 9.95. The lowest BCUT2D eigenvalue weighted by molar-refractivity contribution is 0.605. The summed E-state index contributed by atoms with van der Waals surface area (Å²) in [5.74, 6) is 5.27. The van der Waals surface area contributed by atoms with Gasteiger partial charge in [-0.25, -0.2) is 9.82 Å². The monoisotopic (exact) mass is 231 g/mol. The highest BCUT2D eigenvalue weighted by Crippen LogP contribution is 2.21. The van der Waals surface area contributed by atoms with E-state index in [9.17, 15) is 4.39 Å². The molecule has 1 aromatic heterocycles. The van der Waals surface area contributed by atoms with E-state index < -0.39 is 0 Å². The van der Waals surface area contributed by atoms with Crippen LogP contribution in [0.1, 0.15) is 22.9 Å². The van der Waals surface area contributed by atoms with Crippen molar-refractivity contribution in [2.45, 2.75) is 13.0 Å². The van der Waals surface area contributed by atoms with Crippen molar-refractivity contribution in [3.63, 3.8) is 0 Å². The molecule has 1 aromatic carbocycles. The quantitative estimate of drug-likeness (QED) is 0.628. The molecule has 4 heteroatoms. The maximum Gasteiger partial charge on any atom is 0.123 e. The molecular weight excluding hydrogens is 217 g/mol. The molecule has 0 spiro atoms. The van der Waals surface area contributed by atoms with Crippen molar-refractivity contribution in [3.8, 4) is 0 Å². The third-order valence-corrected chi connectivity index (χ3v) is 2.60. The molecule has 1 atom stereocenters. The summed E-state index contributed by atoms with van der Waals surface area (Å²) in [4.78, 5) is 4.13. The molecule has 0 aliphatic heterocycles. The van der Waals surface area contributed by atoms with E-state index in [0.29, 0.717) is 0 Å². The van der Waals surface area contributed by atoms with E-state index in [2.05, 4.69) is 10.4 Å². The number of hydrogen-bond acceptors (Lipinski definition) is 3. The normalized spacial score (nSPS) is 12.4. The van der Waals surface area contributed by atoms with Crippen molar-refractivity contribution in [2.75, 3.05) is 0 Å². The Morgan fingerprint density at radius 3 is 2.65 bits per heavy atom. The number of rotatable bonds is 3. The fourth-order valence-corrected chi connectivity index (χ4v) is 1.82. The van der Waals surface area contributed by atoms with Gasteiger partial charge in [0.05, 0.1) is 6.04 Å². The fraction of sp³-hybridized carbons (Fsp3) is 0.154. The number of aromatic nitrogens is 1. The molecule has 0 aliphatic rings. The number of nitrogens with one attached hydrogen (secondary N) is 1. The minimum Gasteiger partial charge on any atom is -0.271 e. The highest BCUT2D eigenvalue weighted by Gasteiger charge is 2.12. The number of pyridine rings is 1. The van der Waals surface area contributed by atoms with Gasteiger partial charge in [0, 0.05) is 11.9 Å². The van der Waals surface area contributed by atoms with Crippen LogP contribution in [0.25, 0.3) is 0 Å². The van der Waals surface area contributed by atoms with Crippen molar-refractivity contribution in [3.05, 3.63) is 65.2 Å². The van der Waals surface area contributed by atoms with Crippen LogP contribution in [0.4, 0.5) is 4.39 Å². The maximum absolute atomic E-state index is 13.2. The second-order valence-electron chi connectivity index (χ2n) is 3.89. The molecule has 2 aromatic rings. The zero-order valence-electron chi connectivity index (χ0n) is 9.52. The van der Waals surface area contributed by atoms with Gasteiger partial charge in [0.1, 0.15) is 5.82 Å². The smallest absolute Gasteiger partial charge is 0.123 e. The first-order chi connectivity index (χ1) is 8.20. The minimum absolute atomic E-state index is 0.229. The van der Waals surface area contributed by atoms with E-state index in [1.807, 2.05) is 25.1 Å². The number of nitrogens with two attached hydrogens (primary N) is 1. The molecule has 3 nitrogen and oxygen atoms in total. The Bertz CT molecular complexity index is 468. The lowest BCUT2D eigenvalue weighted by Crippen LogP contribution is -2.29.